The Labute approximate surface area is 178 Å². The van der Waals surface area contributed by atoms with Crippen molar-refractivity contribution in [2.24, 2.45) is 0 Å². The number of carbonyl (C=O) groups excluding carboxylic acids is 4. The summed E-state index contributed by atoms with van der Waals surface area (Å²) in [5, 5.41) is 0. The Hall–Kier alpha value is -3.30. The number of hydrogen-bond acceptors (Lipinski definition) is 4. The number of halogens is 6. The summed E-state index contributed by atoms with van der Waals surface area (Å²) in [6.07, 6.45) is -12.0. The second kappa shape index (κ2) is 8.33. The Morgan fingerprint density at radius 1 is 0.656 bits per heavy atom. The summed E-state index contributed by atoms with van der Waals surface area (Å²) >= 11 is 0. The standard InChI is InChI=1S/C22H16F6O4/c1-11(30)17-6-4-15(8-14(17)10-29)20(21(23,24)25,22(26,27)28)16-5-7-18(12(2)31)19(9-16)13(3)32/h4-10H,1-3H3. The lowest BCUT2D eigenvalue weighted by molar-refractivity contribution is -0.288. The van der Waals surface area contributed by atoms with E-state index in [9.17, 15) is 45.5 Å². The van der Waals surface area contributed by atoms with Crippen LogP contribution < -0.4 is 0 Å². The van der Waals surface area contributed by atoms with Crippen molar-refractivity contribution in [1.82, 2.24) is 0 Å². The number of ketones is 3. The number of rotatable bonds is 6. The molecule has 0 unspecified atom stereocenters. The SMILES string of the molecule is CC(=O)c1ccc(C(c2ccc(C(C)=O)c(C(C)=O)c2)(C(F)(F)F)C(F)(F)F)cc1C=O. The van der Waals surface area contributed by atoms with Gasteiger partial charge in [0.1, 0.15) is 0 Å². The van der Waals surface area contributed by atoms with Crippen LogP contribution in [0.1, 0.15) is 73.3 Å². The van der Waals surface area contributed by atoms with Gasteiger partial charge in [-0.2, -0.15) is 26.3 Å². The third-order valence-electron chi connectivity index (χ3n) is 5.05. The maximum atomic E-state index is 14.3. The number of carbonyl (C=O) groups is 4. The van der Waals surface area contributed by atoms with Crippen molar-refractivity contribution in [2.45, 2.75) is 38.5 Å². The van der Waals surface area contributed by atoms with E-state index in [1.807, 2.05) is 0 Å². The summed E-state index contributed by atoms with van der Waals surface area (Å²) in [5.74, 6) is -2.36. The summed E-state index contributed by atoms with van der Waals surface area (Å²) < 4.78 is 85.8. The van der Waals surface area contributed by atoms with Crippen molar-refractivity contribution in [3.63, 3.8) is 0 Å². The molecule has 2 rings (SSSR count). The molecule has 0 aliphatic carbocycles. The van der Waals surface area contributed by atoms with E-state index in [0.717, 1.165) is 26.8 Å². The largest absolute Gasteiger partial charge is 0.411 e. The zero-order valence-electron chi connectivity index (χ0n) is 16.9. The first-order valence-electron chi connectivity index (χ1n) is 9.00. The molecule has 0 saturated heterocycles. The summed E-state index contributed by atoms with van der Waals surface area (Å²) in [6, 6.07) is 3.13. The second-order valence-corrected chi connectivity index (χ2v) is 7.09. The predicted octanol–water partition coefficient (Wildman–Crippen LogP) is 5.52. The van der Waals surface area contributed by atoms with Crippen LogP contribution >= 0.6 is 0 Å². The van der Waals surface area contributed by atoms with E-state index in [4.69, 9.17) is 0 Å². The van der Waals surface area contributed by atoms with Crippen molar-refractivity contribution < 1.29 is 45.5 Å². The molecule has 2 aromatic carbocycles. The van der Waals surface area contributed by atoms with Crippen LogP contribution in [0, 0.1) is 0 Å². The fraction of sp³-hybridized carbons (Fsp3) is 0.273. The van der Waals surface area contributed by atoms with Crippen LogP contribution in [0.3, 0.4) is 0 Å². The number of aldehydes is 1. The van der Waals surface area contributed by atoms with E-state index >= 15 is 0 Å². The molecule has 0 aliphatic rings. The van der Waals surface area contributed by atoms with Gasteiger partial charge in [-0.05, 0) is 44.0 Å². The Balaban J connectivity index is 3.07. The van der Waals surface area contributed by atoms with Gasteiger partial charge in [0.15, 0.2) is 23.6 Å². The van der Waals surface area contributed by atoms with E-state index in [-0.39, 0.29) is 17.4 Å². The zero-order valence-corrected chi connectivity index (χ0v) is 16.9. The maximum absolute atomic E-state index is 14.3. The lowest BCUT2D eigenvalue weighted by Crippen LogP contribution is -2.55. The molecule has 0 saturated carbocycles. The van der Waals surface area contributed by atoms with Gasteiger partial charge in [-0.3, -0.25) is 19.2 Å². The average Bonchev–Trinajstić information content (AvgIpc) is 2.65. The minimum atomic E-state index is -5.98. The quantitative estimate of drug-likeness (QED) is 0.325. The Kier molecular flexibility index (Phi) is 6.50. The predicted molar refractivity (Wildman–Crippen MR) is 101 cm³/mol. The van der Waals surface area contributed by atoms with Gasteiger partial charge in [0.2, 0.25) is 5.41 Å². The van der Waals surface area contributed by atoms with Gasteiger partial charge in [0.05, 0.1) is 0 Å². The smallest absolute Gasteiger partial charge is 0.298 e. The summed E-state index contributed by atoms with van der Waals surface area (Å²) in [6.45, 7) is 2.92. The molecule has 0 heterocycles. The van der Waals surface area contributed by atoms with Gasteiger partial charge in [-0.15, -0.1) is 0 Å². The summed E-state index contributed by atoms with van der Waals surface area (Å²) in [5.41, 5.74) is -9.32. The van der Waals surface area contributed by atoms with Crippen LogP contribution in [0.25, 0.3) is 0 Å². The number of alkyl halides is 6. The minimum absolute atomic E-state index is 0.0163. The van der Waals surface area contributed by atoms with Gasteiger partial charge in [0.25, 0.3) is 0 Å². The third kappa shape index (κ3) is 3.96. The maximum Gasteiger partial charge on any atom is 0.411 e. The van der Waals surface area contributed by atoms with E-state index < -0.39 is 57.4 Å². The van der Waals surface area contributed by atoms with Gasteiger partial charge in [-0.1, -0.05) is 24.3 Å². The van der Waals surface area contributed by atoms with Crippen LogP contribution in [0.15, 0.2) is 36.4 Å². The highest BCUT2D eigenvalue weighted by atomic mass is 19.4. The van der Waals surface area contributed by atoms with Gasteiger partial charge in [-0.25, -0.2) is 0 Å². The van der Waals surface area contributed by atoms with Crippen molar-refractivity contribution >= 4 is 23.6 Å². The monoisotopic (exact) mass is 458 g/mol. The number of hydrogen-bond donors (Lipinski definition) is 0. The topological polar surface area (TPSA) is 68.3 Å². The van der Waals surface area contributed by atoms with Gasteiger partial charge < -0.3 is 0 Å². The van der Waals surface area contributed by atoms with Crippen molar-refractivity contribution in [3.8, 4) is 0 Å². The second-order valence-electron chi connectivity index (χ2n) is 7.09. The van der Waals surface area contributed by atoms with Crippen molar-refractivity contribution in [3.05, 3.63) is 69.8 Å². The summed E-state index contributed by atoms with van der Waals surface area (Å²) in [7, 11) is 0. The van der Waals surface area contributed by atoms with Gasteiger partial charge >= 0.3 is 12.4 Å². The molecule has 0 amide bonds. The normalized spacial score (nSPS) is 12.4. The average molecular weight is 458 g/mol. The third-order valence-corrected chi connectivity index (χ3v) is 5.05. The first-order valence-corrected chi connectivity index (χ1v) is 9.00. The Morgan fingerprint density at radius 2 is 1.06 bits per heavy atom. The molecular weight excluding hydrogens is 442 g/mol. The molecule has 0 fully saturated rings. The Morgan fingerprint density at radius 3 is 1.44 bits per heavy atom. The molecule has 2 aromatic rings. The molecule has 0 aliphatic heterocycles. The van der Waals surface area contributed by atoms with E-state index in [0.29, 0.717) is 30.3 Å². The molecular formula is C22H16F6O4. The van der Waals surface area contributed by atoms with E-state index in [1.165, 1.54) is 0 Å². The highest BCUT2D eigenvalue weighted by Gasteiger charge is 2.72. The molecule has 0 radical (unpaired) electrons. The first kappa shape index (κ1) is 25.0. The number of Topliss-reactive ketones (excluding diaryl/α,β-unsaturated/α-hetero) is 3. The lowest BCUT2D eigenvalue weighted by atomic mass is 9.71. The molecule has 32 heavy (non-hydrogen) atoms. The van der Waals surface area contributed by atoms with Crippen LogP contribution in [0.2, 0.25) is 0 Å². The molecule has 170 valence electrons. The van der Waals surface area contributed by atoms with Crippen LogP contribution in [-0.2, 0) is 5.41 Å². The molecule has 0 spiro atoms. The van der Waals surface area contributed by atoms with Crippen LogP contribution in [-0.4, -0.2) is 36.0 Å². The molecule has 0 atom stereocenters. The highest BCUT2D eigenvalue weighted by Crippen LogP contribution is 2.56. The number of benzene rings is 2. The molecule has 0 bridgehead atoms. The first-order chi connectivity index (χ1) is 14.6. The van der Waals surface area contributed by atoms with E-state index in [2.05, 4.69) is 0 Å². The molecule has 0 aromatic heterocycles. The fourth-order valence-corrected chi connectivity index (χ4v) is 3.57. The molecule has 10 heteroatoms. The molecule has 4 nitrogen and oxygen atoms in total. The van der Waals surface area contributed by atoms with Crippen LogP contribution in [0.5, 0.6) is 0 Å². The molecule has 0 N–H and O–H groups in total. The minimum Gasteiger partial charge on any atom is -0.298 e. The Bertz CT molecular complexity index is 1100. The summed E-state index contributed by atoms with van der Waals surface area (Å²) in [4.78, 5) is 46.5. The van der Waals surface area contributed by atoms with Crippen molar-refractivity contribution in [1.29, 1.82) is 0 Å². The zero-order chi connectivity index (χ0) is 24.6. The van der Waals surface area contributed by atoms with Gasteiger partial charge in [0, 0.05) is 22.3 Å². The van der Waals surface area contributed by atoms with E-state index in [1.54, 1.807) is 0 Å². The van der Waals surface area contributed by atoms with Crippen LogP contribution in [0.4, 0.5) is 26.3 Å². The fourth-order valence-electron chi connectivity index (χ4n) is 3.57. The lowest BCUT2D eigenvalue weighted by Gasteiger charge is -2.38. The van der Waals surface area contributed by atoms with Crippen molar-refractivity contribution in [2.75, 3.05) is 0 Å². The highest BCUT2D eigenvalue weighted by molar-refractivity contribution is 6.07.